The lowest BCUT2D eigenvalue weighted by Gasteiger charge is -2.06. The van der Waals surface area contributed by atoms with Crippen LogP contribution in [0.2, 0.25) is 0 Å². The third-order valence-corrected chi connectivity index (χ3v) is 5.15. The lowest BCUT2D eigenvalue weighted by atomic mass is 10.0. The van der Waals surface area contributed by atoms with Crippen molar-refractivity contribution in [3.05, 3.63) is 124 Å². The van der Waals surface area contributed by atoms with Crippen LogP contribution < -0.4 is 5.43 Å². The molecule has 3 heteroatoms. The smallest absolute Gasteiger partial charge is 0.186 e. The molecule has 146 valence electrons. The second-order valence-electron chi connectivity index (χ2n) is 7.30. The van der Waals surface area contributed by atoms with E-state index >= 15 is 0 Å². The maximum atomic E-state index is 12.2. The Morgan fingerprint density at radius 2 is 1.30 bits per heavy atom. The molecule has 0 bridgehead atoms. The minimum atomic E-state index is -0.0733. The highest BCUT2D eigenvalue weighted by molar-refractivity contribution is 5.63. The summed E-state index contributed by atoms with van der Waals surface area (Å²) in [7, 11) is 0. The van der Waals surface area contributed by atoms with E-state index in [0.717, 1.165) is 22.3 Å². The normalized spacial score (nSPS) is 17.9. The zero-order valence-corrected chi connectivity index (χ0v) is 16.3. The summed E-state index contributed by atoms with van der Waals surface area (Å²) in [4.78, 5) is 12.2. The molecule has 5 rings (SSSR count). The molecule has 0 N–H and O–H groups in total. The van der Waals surface area contributed by atoms with Crippen LogP contribution in [0, 0.1) is 0 Å². The van der Waals surface area contributed by atoms with Crippen LogP contribution in [-0.4, -0.2) is 6.10 Å². The van der Waals surface area contributed by atoms with E-state index in [2.05, 4.69) is 24.3 Å². The number of rotatable bonds is 5. The Hall–Kier alpha value is -3.69. The summed E-state index contributed by atoms with van der Waals surface area (Å²) in [6.07, 6.45) is 4.34. The maximum absolute atomic E-state index is 12.2. The van der Waals surface area contributed by atoms with Gasteiger partial charge in [-0.15, -0.1) is 0 Å². The van der Waals surface area contributed by atoms with Crippen LogP contribution in [0.25, 0.3) is 28.7 Å². The molecule has 2 unspecified atom stereocenters. The summed E-state index contributed by atoms with van der Waals surface area (Å²) in [5.41, 5.74) is 3.95. The van der Waals surface area contributed by atoms with E-state index in [1.807, 2.05) is 72.8 Å². The lowest BCUT2D eigenvalue weighted by molar-refractivity contribution is 0.394. The molecule has 30 heavy (non-hydrogen) atoms. The van der Waals surface area contributed by atoms with Gasteiger partial charge >= 0.3 is 0 Å². The SMILES string of the molecule is O=c1cc(-c2ccccc2)oc(-c2ccc(C3OC3/C=C/c3ccccc3)cc2)c1. The van der Waals surface area contributed by atoms with Crippen molar-refractivity contribution in [1.82, 2.24) is 0 Å². The van der Waals surface area contributed by atoms with E-state index in [9.17, 15) is 4.79 Å². The molecule has 0 amide bonds. The Balaban J connectivity index is 1.33. The van der Waals surface area contributed by atoms with E-state index in [0.29, 0.717) is 11.5 Å². The lowest BCUT2D eigenvalue weighted by Crippen LogP contribution is -1.98. The van der Waals surface area contributed by atoms with E-state index in [1.165, 1.54) is 12.1 Å². The third kappa shape index (κ3) is 4.02. The van der Waals surface area contributed by atoms with Crippen LogP contribution in [0.3, 0.4) is 0 Å². The van der Waals surface area contributed by atoms with Gasteiger partial charge in [0.2, 0.25) is 0 Å². The van der Waals surface area contributed by atoms with Gasteiger partial charge in [0, 0.05) is 23.3 Å². The van der Waals surface area contributed by atoms with Gasteiger partial charge in [-0.3, -0.25) is 4.79 Å². The zero-order chi connectivity index (χ0) is 20.3. The van der Waals surface area contributed by atoms with Crippen molar-refractivity contribution in [2.24, 2.45) is 0 Å². The van der Waals surface area contributed by atoms with Gasteiger partial charge in [0.15, 0.2) is 5.43 Å². The van der Waals surface area contributed by atoms with Crippen LogP contribution in [0.1, 0.15) is 17.2 Å². The van der Waals surface area contributed by atoms with Gasteiger partial charge in [-0.05, 0) is 11.1 Å². The number of benzene rings is 3. The number of hydrogen-bond donors (Lipinski definition) is 0. The van der Waals surface area contributed by atoms with Crippen LogP contribution in [0.5, 0.6) is 0 Å². The fraction of sp³-hybridized carbons (Fsp3) is 0.0741. The van der Waals surface area contributed by atoms with Crippen molar-refractivity contribution in [3.8, 4) is 22.6 Å². The Bertz CT molecular complexity index is 1220. The van der Waals surface area contributed by atoms with E-state index in [4.69, 9.17) is 9.15 Å². The van der Waals surface area contributed by atoms with Crippen LogP contribution in [0.4, 0.5) is 0 Å². The average Bonchev–Trinajstić information content (AvgIpc) is 3.58. The highest BCUT2D eigenvalue weighted by Gasteiger charge is 2.37. The predicted octanol–water partition coefficient (Wildman–Crippen LogP) is 6.13. The van der Waals surface area contributed by atoms with Crippen molar-refractivity contribution in [1.29, 1.82) is 0 Å². The molecule has 0 radical (unpaired) electrons. The first-order valence-electron chi connectivity index (χ1n) is 9.96. The molecule has 3 aromatic carbocycles. The first kappa shape index (κ1) is 18.3. The molecule has 1 saturated heterocycles. The summed E-state index contributed by atoms with van der Waals surface area (Å²) < 4.78 is 11.8. The molecule has 2 heterocycles. The molecule has 4 aromatic rings. The second kappa shape index (κ2) is 7.97. The van der Waals surface area contributed by atoms with Gasteiger partial charge in [-0.2, -0.15) is 0 Å². The van der Waals surface area contributed by atoms with Gasteiger partial charge in [-0.1, -0.05) is 97.1 Å². The van der Waals surface area contributed by atoms with Gasteiger partial charge in [-0.25, -0.2) is 0 Å². The minimum Gasteiger partial charge on any atom is -0.456 e. The fourth-order valence-corrected chi connectivity index (χ4v) is 3.51. The Kier molecular flexibility index (Phi) is 4.88. The molecule has 1 fully saturated rings. The van der Waals surface area contributed by atoms with Crippen molar-refractivity contribution < 1.29 is 9.15 Å². The van der Waals surface area contributed by atoms with Crippen LogP contribution in [0.15, 0.2) is 112 Å². The molecule has 1 aliphatic heterocycles. The summed E-state index contributed by atoms with van der Waals surface area (Å²) in [5.74, 6) is 1.13. The van der Waals surface area contributed by atoms with Gasteiger partial charge in [0.25, 0.3) is 0 Å². The van der Waals surface area contributed by atoms with Crippen molar-refractivity contribution in [3.63, 3.8) is 0 Å². The first-order chi connectivity index (χ1) is 14.8. The molecule has 1 aromatic heterocycles. The maximum Gasteiger partial charge on any atom is 0.186 e. The molecule has 0 saturated carbocycles. The summed E-state index contributed by atoms with van der Waals surface area (Å²) in [6.45, 7) is 0. The summed E-state index contributed by atoms with van der Waals surface area (Å²) in [6, 6.07) is 30.9. The highest BCUT2D eigenvalue weighted by atomic mass is 16.6. The third-order valence-electron chi connectivity index (χ3n) is 5.15. The topological polar surface area (TPSA) is 42.7 Å². The fourth-order valence-electron chi connectivity index (χ4n) is 3.51. The molecule has 2 atom stereocenters. The highest BCUT2D eigenvalue weighted by Crippen LogP contribution is 2.40. The van der Waals surface area contributed by atoms with E-state index in [-0.39, 0.29) is 17.6 Å². The zero-order valence-electron chi connectivity index (χ0n) is 16.3. The van der Waals surface area contributed by atoms with Crippen LogP contribution in [-0.2, 0) is 4.74 Å². The second-order valence-corrected chi connectivity index (χ2v) is 7.30. The standard InChI is InChI=1S/C27H20O3/c28-23-17-25(20-9-5-2-6-10-20)29-26(18-23)21-12-14-22(15-13-21)27-24(30-27)16-11-19-7-3-1-4-8-19/h1-18,24,27H/b16-11+. The minimum absolute atomic E-state index is 0.0710. The van der Waals surface area contributed by atoms with Crippen molar-refractivity contribution in [2.75, 3.05) is 0 Å². The van der Waals surface area contributed by atoms with Crippen LogP contribution >= 0.6 is 0 Å². The number of epoxide rings is 1. The van der Waals surface area contributed by atoms with Crippen molar-refractivity contribution >= 4 is 6.08 Å². The van der Waals surface area contributed by atoms with Gasteiger partial charge < -0.3 is 9.15 Å². The molecule has 1 aliphatic rings. The Morgan fingerprint density at radius 3 is 1.97 bits per heavy atom. The molecular weight excluding hydrogens is 372 g/mol. The quantitative estimate of drug-likeness (QED) is 0.384. The van der Waals surface area contributed by atoms with Crippen molar-refractivity contribution in [2.45, 2.75) is 12.2 Å². The van der Waals surface area contributed by atoms with Gasteiger partial charge in [0.05, 0.1) is 0 Å². The van der Waals surface area contributed by atoms with E-state index < -0.39 is 0 Å². The Labute approximate surface area is 174 Å². The molecule has 0 aliphatic carbocycles. The largest absolute Gasteiger partial charge is 0.456 e. The summed E-state index contributed by atoms with van der Waals surface area (Å²) >= 11 is 0. The monoisotopic (exact) mass is 392 g/mol. The predicted molar refractivity (Wildman–Crippen MR) is 119 cm³/mol. The Morgan fingerprint density at radius 1 is 0.700 bits per heavy atom. The number of ether oxygens (including phenoxy) is 1. The average molecular weight is 392 g/mol. The van der Waals surface area contributed by atoms with Gasteiger partial charge in [0.1, 0.15) is 23.7 Å². The molecular formula is C27H20O3. The molecule has 0 spiro atoms. The first-order valence-corrected chi connectivity index (χ1v) is 9.96. The number of hydrogen-bond acceptors (Lipinski definition) is 3. The molecule has 3 nitrogen and oxygen atoms in total. The van der Waals surface area contributed by atoms with E-state index in [1.54, 1.807) is 0 Å². The summed E-state index contributed by atoms with van der Waals surface area (Å²) in [5, 5.41) is 0.